The van der Waals surface area contributed by atoms with Crippen LogP contribution in [0, 0.1) is 23.3 Å². The molecule has 3 nitrogen and oxygen atoms in total. The van der Waals surface area contributed by atoms with Gasteiger partial charge in [0.15, 0.2) is 10.4 Å². The molecule has 0 saturated heterocycles. The first-order valence-electron chi connectivity index (χ1n) is 5.60. The number of halogens is 2. The summed E-state index contributed by atoms with van der Waals surface area (Å²) in [7, 11) is 0. The maximum Gasteiger partial charge on any atom is 0.184 e. The molecule has 0 aliphatic rings. The summed E-state index contributed by atoms with van der Waals surface area (Å²) in [4.78, 5) is 7.25. The van der Waals surface area contributed by atoms with E-state index in [9.17, 15) is 8.78 Å². The summed E-state index contributed by atoms with van der Waals surface area (Å²) in [5, 5.41) is 0. The first-order valence-corrected chi connectivity index (χ1v) is 6.01. The van der Waals surface area contributed by atoms with Gasteiger partial charge in [0.05, 0.1) is 11.2 Å². The van der Waals surface area contributed by atoms with Crippen LogP contribution in [-0.4, -0.2) is 14.5 Å². The van der Waals surface area contributed by atoms with E-state index in [0.717, 1.165) is 23.9 Å². The van der Waals surface area contributed by atoms with Crippen LogP contribution < -0.4 is 0 Å². The highest BCUT2D eigenvalue weighted by atomic mass is 32.1. The van der Waals surface area contributed by atoms with Crippen molar-refractivity contribution in [1.29, 1.82) is 0 Å². The fourth-order valence-electron chi connectivity index (χ4n) is 1.96. The number of hydrogen-bond acceptors (Lipinski definition) is 2. The first-order chi connectivity index (χ1) is 9.06. The van der Waals surface area contributed by atoms with Crippen LogP contribution in [0.3, 0.4) is 0 Å². The lowest BCUT2D eigenvalue weighted by Gasteiger charge is -2.05. The van der Waals surface area contributed by atoms with Gasteiger partial charge in [0.25, 0.3) is 0 Å². The van der Waals surface area contributed by atoms with Gasteiger partial charge in [-0.05, 0) is 43.4 Å². The summed E-state index contributed by atoms with van der Waals surface area (Å²) >= 11 is 5.16. The molecule has 0 fully saturated rings. The molecular formula is C13H9F2N3S. The third-order valence-corrected chi connectivity index (χ3v) is 3.10. The Kier molecular flexibility index (Phi) is 2.67. The van der Waals surface area contributed by atoms with Crippen LogP contribution in [0.15, 0.2) is 30.3 Å². The molecule has 1 N–H and O–H groups in total. The monoisotopic (exact) mass is 277 g/mol. The van der Waals surface area contributed by atoms with Gasteiger partial charge in [0, 0.05) is 11.8 Å². The number of nitrogens with one attached hydrogen (secondary N) is 1. The highest BCUT2D eigenvalue weighted by molar-refractivity contribution is 7.71. The molecule has 0 spiro atoms. The summed E-state index contributed by atoms with van der Waals surface area (Å²) in [6.45, 7) is 1.82. The van der Waals surface area contributed by atoms with Crippen molar-refractivity contribution in [3.05, 3.63) is 52.4 Å². The minimum absolute atomic E-state index is 0.0503. The number of imidazole rings is 1. The number of rotatable bonds is 1. The van der Waals surface area contributed by atoms with Crippen molar-refractivity contribution in [2.75, 3.05) is 0 Å². The number of benzene rings is 1. The molecule has 0 bridgehead atoms. The zero-order valence-corrected chi connectivity index (χ0v) is 10.8. The van der Waals surface area contributed by atoms with Gasteiger partial charge in [-0.2, -0.15) is 0 Å². The Morgan fingerprint density at radius 2 is 2.00 bits per heavy atom. The van der Waals surface area contributed by atoms with Crippen molar-refractivity contribution in [3.8, 4) is 5.69 Å². The number of hydrogen-bond donors (Lipinski definition) is 1. The van der Waals surface area contributed by atoms with E-state index in [1.165, 1.54) is 4.57 Å². The second-order valence-electron chi connectivity index (χ2n) is 4.19. The van der Waals surface area contributed by atoms with E-state index in [-0.39, 0.29) is 10.5 Å². The Morgan fingerprint density at radius 3 is 2.79 bits per heavy atom. The van der Waals surface area contributed by atoms with Crippen molar-refractivity contribution in [2.45, 2.75) is 6.92 Å². The van der Waals surface area contributed by atoms with Crippen molar-refractivity contribution >= 4 is 23.4 Å². The summed E-state index contributed by atoms with van der Waals surface area (Å²) in [5.41, 5.74) is 1.98. The summed E-state index contributed by atoms with van der Waals surface area (Å²) in [5.74, 6) is -1.08. The van der Waals surface area contributed by atoms with Crippen LogP contribution in [-0.2, 0) is 0 Å². The van der Waals surface area contributed by atoms with E-state index in [0.29, 0.717) is 11.2 Å². The van der Waals surface area contributed by atoms with E-state index in [4.69, 9.17) is 12.2 Å². The van der Waals surface area contributed by atoms with Crippen LogP contribution in [0.4, 0.5) is 8.78 Å². The van der Waals surface area contributed by atoms with Crippen LogP contribution in [0.5, 0.6) is 0 Å². The smallest absolute Gasteiger partial charge is 0.184 e. The van der Waals surface area contributed by atoms with Gasteiger partial charge in [-0.25, -0.2) is 13.8 Å². The Hall–Kier alpha value is -2.08. The quantitative estimate of drug-likeness (QED) is 0.688. The zero-order chi connectivity index (χ0) is 13.6. The molecule has 96 valence electrons. The van der Waals surface area contributed by atoms with E-state index in [2.05, 4.69) is 9.97 Å². The third kappa shape index (κ3) is 1.94. The molecule has 0 aliphatic carbocycles. The van der Waals surface area contributed by atoms with E-state index in [1.54, 1.807) is 6.07 Å². The molecule has 3 aromatic rings. The standard InChI is InChI=1S/C13H9F2N3S/c1-7-2-5-10-12(16-7)18(13(19)17-10)11-6-8(14)3-4-9(11)15/h2-6H,1H3,(H,17,19). The molecule has 0 amide bonds. The highest BCUT2D eigenvalue weighted by Crippen LogP contribution is 2.21. The summed E-state index contributed by atoms with van der Waals surface area (Å²) in [6, 6.07) is 6.86. The Bertz CT molecular complexity index is 836. The largest absolute Gasteiger partial charge is 0.329 e. The molecule has 2 heterocycles. The van der Waals surface area contributed by atoms with Crippen LogP contribution in [0.1, 0.15) is 5.69 Å². The van der Waals surface area contributed by atoms with Gasteiger partial charge in [-0.3, -0.25) is 4.57 Å². The number of aromatic nitrogens is 3. The summed E-state index contributed by atoms with van der Waals surface area (Å²) in [6.07, 6.45) is 0. The SMILES string of the molecule is Cc1ccc2[nH]c(=S)n(-c3cc(F)ccc3F)c2n1. The van der Waals surface area contributed by atoms with Gasteiger partial charge in [-0.1, -0.05) is 0 Å². The number of H-pyrrole nitrogens is 1. The zero-order valence-electron chi connectivity index (χ0n) is 9.95. The predicted octanol–water partition coefficient (Wildman–Crippen LogP) is 3.67. The Labute approximate surface area is 112 Å². The van der Waals surface area contributed by atoms with Gasteiger partial charge in [-0.15, -0.1) is 0 Å². The van der Waals surface area contributed by atoms with Crippen LogP contribution in [0.2, 0.25) is 0 Å². The second kappa shape index (κ2) is 4.24. The highest BCUT2D eigenvalue weighted by Gasteiger charge is 2.12. The maximum absolute atomic E-state index is 13.9. The number of pyridine rings is 1. The van der Waals surface area contributed by atoms with Gasteiger partial charge in [0.1, 0.15) is 11.6 Å². The number of aryl methyl sites for hydroxylation is 1. The average Bonchev–Trinajstić information content (AvgIpc) is 2.68. The molecule has 0 radical (unpaired) electrons. The molecule has 1 aromatic carbocycles. The third-order valence-electron chi connectivity index (χ3n) is 2.82. The van der Waals surface area contributed by atoms with Crippen molar-refractivity contribution < 1.29 is 8.78 Å². The minimum Gasteiger partial charge on any atom is -0.329 e. The fourth-order valence-corrected chi connectivity index (χ4v) is 2.25. The second-order valence-corrected chi connectivity index (χ2v) is 4.57. The number of fused-ring (bicyclic) bond motifs is 1. The van der Waals surface area contributed by atoms with E-state index < -0.39 is 11.6 Å². The molecule has 0 saturated carbocycles. The number of aromatic amines is 1. The average molecular weight is 277 g/mol. The molecule has 19 heavy (non-hydrogen) atoms. The minimum atomic E-state index is -0.554. The molecule has 0 atom stereocenters. The molecule has 0 unspecified atom stereocenters. The molecule has 3 rings (SSSR count). The van der Waals surface area contributed by atoms with Gasteiger partial charge < -0.3 is 4.98 Å². The lowest BCUT2D eigenvalue weighted by Crippen LogP contribution is -2.00. The van der Waals surface area contributed by atoms with E-state index in [1.807, 2.05) is 13.0 Å². The van der Waals surface area contributed by atoms with Gasteiger partial charge >= 0.3 is 0 Å². The van der Waals surface area contributed by atoms with Crippen LogP contribution in [0.25, 0.3) is 16.9 Å². The van der Waals surface area contributed by atoms with Gasteiger partial charge in [0.2, 0.25) is 0 Å². The molecule has 2 aromatic heterocycles. The predicted molar refractivity (Wildman–Crippen MR) is 70.9 cm³/mol. The number of nitrogens with zero attached hydrogens (tertiary/aromatic N) is 2. The lowest BCUT2D eigenvalue weighted by atomic mass is 10.3. The van der Waals surface area contributed by atoms with Crippen molar-refractivity contribution in [2.24, 2.45) is 0 Å². The van der Waals surface area contributed by atoms with E-state index >= 15 is 0 Å². The lowest BCUT2D eigenvalue weighted by molar-refractivity contribution is 0.593. The van der Waals surface area contributed by atoms with Crippen molar-refractivity contribution in [1.82, 2.24) is 14.5 Å². The molecular weight excluding hydrogens is 268 g/mol. The topological polar surface area (TPSA) is 33.6 Å². The maximum atomic E-state index is 13.9. The van der Waals surface area contributed by atoms with Crippen molar-refractivity contribution in [3.63, 3.8) is 0 Å². The Balaban J connectivity index is 2.42. The molecule has 6 heteroatoms. The first kappa shape index (κ1) is 12.0. The Morgan fingerprint density at radius 1 is 1.21 bits per heavy atom. The normalized spacial score (nSPS) is 11.1. The fraction of sp³-hybridized carbons (Fsp3) is 0.0769. The van der Waals surface area contributed by atoms with Crippen LogP contribution >= 0.6 is 12.2 Å². The molecule has 0 aliphatic heterocycles. The summed E-state index contributed by atoms with van der Waals surface area (Å²) < 4.78 is 28.8.